The van der Waals surface area contributed by atoms with E-state index in [1.54, 1.807) is 4.90 Å². The number of hydrogen-bond donors (Lipinski definition) is 0. The Kier molecular flexibility index (Phi) is 3.07. The maximum atomic E-state index is 12.0. The number of rotatable bonds is 1. The van der Waals surface area contributed by atoms with Crippen LogP contribution in [0.15, 0.2) is 28.7 Å². The van der Waals surface area contributed by atoms with E-state index in [9.17, 15) is 4.79 Å². The van der Waals surface area contributed by atoms with Crippen molar-refractivity contribution in [2.24, 2.45) is 0 Å². The Labute approximate surface area is 97.2 Å². The average Bonchev–Trinajstić information content (AvgIpc) is 2.63. The van der Waals surface area contributed by atoms with Gasteiger partial charge in [0.25, 0.3) is 5.91 Å². The van der Waals surface area contributed by atoms with Crippen LogP contribution in [0.2, 0.25) is 0 Å². The van der Waals surface area contributed by atoms with E-state index in [0.29, 0.717) is 18.7 Å². The molecule has 0 aromatic heterocycles. The summed E-state index contributed by atoms with van der Waals surface area (Å²) in [6, 6.07) is 7.41. The smallest absolute Gasteiger partial charge is 0.255 e. The van der Waals surface area contributed by atoms with E-state index < -0.39 is 0 Å². The maximum Gasteiger partial charge on any atom is 0.255 e. The van der Waals surface area contributed by atoms with Gasteiger partial charge in [-0.15, -0.1) is 0 Å². The SMILES string of the molecule is CC1OCCN1C(=O)c1cccc(Br)c1. The van der Waals surface area contributed by atoms with Crippen molar-refractivity contribution in [1.82, 2.24) is 4.90 Å². The number of carbonyl (C=O) groups is 1. The van der Waals surface area contributed by atoms with Gasteiger partial charge in [-0.2, -0.15) is 0 Å². The van der Waals surface area contributed by atoms with Crippen LogP contribution in [-0.4, -0.2) is 30.2 Å². The zero-order valence-electron chi connectivity index (χ0n) is 8.44. The maximum absolute atomic E-state index is 12.0. The van der Waals surface area contributed by atoms with Crippen molar-refractivity contribution in [2.45, 2.75) is 13.2 Å². The summed E-state index contributed by atoms with van der Waals surface area (Å²) in [5, 5.41) is 0. The molecule has 1 atom stereocenters. The molecule has 0 aliphatic carbocycles. The first-order chi connectivity index (χ1) is 7.18. The van der Waals surface area contributed by atoms with E-state index in [1.165, 1.54) is 0 Å². The van der Waals surface area contributed by atoms with E-state index in [1.807, 2.05) is 31.2 Å². The van der Waals surface area contributed by atoms with Crippen molar-refractivity contribution in [3.63, 3.8) is 0 Å². The summed E-state index contributed by atoms with van der Waals surface area (Å²) in [5.74, 6) is 0.0290. The highest BCUT2D eigenvalue weighted by atomic mass is 79.9. The molecule has 15 heavy (non-hydrogen) atoms. The fourth-order valence-electron chi connectivity index (χ4n) is 1.65. The molecule has 80 valence electrons. The Bertz CT molecular complexity index is 381. The molecule has 1 aliphatic rings. The number of halogens is 1. The second kappa shape index (κ2) is 4.33. The van der Waals surface area contributed by atoms with E-state index in [4.69, 9.17) is 4.74 Å². The predicted molar refractivity (Wildman–Crippen MR) is 60.6 cm³/mol. The molecule has 1 aliphatic heterocycles. The van der Waals surface area contributed by atoms with Crippen LogP contribution < -0.4 is 0 Å². The van der Waals surface area contributed by atoms with Crippen LogP contribution in [0, 0.1) is 0 Å². The van der Waals surface area contributed by atoms with Gasteiger partial charge in [0, 0.05) is 16.6 Å². The lowest BCUT2D eigenvalue weighted by Gasteiger charge is -2.19. The first kappa shape index (κ1) is 10.6. The zero-order chi connectivity index (χ0) is 10.8. The third-order valence-corrected chi connectivity index (χ3v) is 2.96. The minimum atomic E-state index is -0.114. The van der Waals surface area contributed by atoms with E-state index in [-0.39, 0.29) is 12.1 Å². The summed E-state index contributed by atoms with van der Waals surface area (Å²) >= 11 is 3.35. The summed E-state index contributed by atoms with van der Waals surface area (Å²) in [7, 11) is 0. The van der Waals surface area contributed by atoms with Gasteiger partial charge in [0.05, 0.1) is 6.61 Å². The van der Waals surface area contributed by atoms with Crippen molar-refractivity contribution in [2.75, 3.05) is 13.2 Å². The second-order valence-electron chi connectivity index (χ2n) is 3.48. The molecular formula is C11H12BrNO2. The number of amides is 1. The standard InChI is InChI=1S/C11H12BrNO2/c1-8-13(5-6-15-8)11(14)9-3-2-4-10(12)7-9/h2-4,7-8H,5-6H2,1H3. The number of ether oxygens (including phenoxy) is 1. The number of nitrogens with zero attached hydrogens (tertiary/aromatic N) is 1. The molecule has 1 aromatic rings. The molecule has 0 N–H and O–H groups in total. The quantitative estimate of drug-likeness (QED) is 0.783. The molecule has 0 spiro atoms. The topological polar surface area (TPSA) is 29.5 Å². The van der Waals surface area contributed by atoms with Crippen LogP contribution in [0.25, 0.3) is 0 Å². The largest absolute Gasteiger partial charge is 0.357 e. The summed E-state index contributed by atoms with van der Waals surface area (Å²) in [5.41, 5.74) is 0.696. The first-order valence-corrected chi connectivity index (χ1v) is 5.66. The van der Waals surface area contributed by atoms with Crippen molar-refractivity contribution in [3.8, 4) is 0 Å². The highest BCUT2D eigenvalue weighted by Gasteiger charge is 2.26. The molecule has 4 heteroatoms. The average molecular weight is 270 g/mol. The lowest BCUT2D eigenvalue weighted by Crippen LogP contribution is -2.34. The van der Waals surface area contributed by atoms with Crippen molar-refractivity contribution < 1.29 is 9.53 Å². The summed E-state index contributed by atoms with van der Waals surface area (Å²) in [4.78, 5) is 13.8. The molecule has 1 saturated heterocycles. The van der Waals surface area contributed by atoms with Crippen LogP contribution in [0.1, 0.15) is 17.3 Å². The van der Waals surface area contributed by atoms with Crippen LogP contribution in [0.4, 0.5) is 0 Å². The molecule has 0 saturated carbocycles. The van der Waals surface area contributed by atoms with Gasteiger partial charge in [-0.1, -0.05) is 22.0 Å². The third kappa shape index (κ3) is 2.21. The summed E-state index contributed by atoms with van der Waals surface area (Å²) < 4.78 is 6.25. The van der Waals surface area contributed by atoms with Gasteiger partial charge in [-0.3, -0.25) is 4.79 Å². The van der Waals surface area contributed by atoms with Gasteiger partial charge < -0.3 is 9.64 Å². The van der Waals surface area contributed by atoms with Crippen LogP contribution in [-0.2, 0) is 4.74 Å². The van der Waals surface area contributed by atoms with Gasteiger partial charge in [-0.05, 0) is 25.1 Å². The predicted octanol–water partition coefficient (Wildman–Crippen LogP) is 2.27. The summed E-state index contributed by atoms with van der Waals surface area (Å²) in [6.07, 6.45) is -0.114. The first-order valence-electron chi connectivity index (χ1n) is 4.86. The molecule has 1 heterocycles. The molecule has 1 fully saturated rings. The van der Waals surface area contributed by atoms with Crippen LogP contribution >= 0.6 is 15.9 Å². The zero-order valence-corrected chi connectivity index (χ0v) is 10.0. The van der Waals surface area contributed by atoms with Gasteiger partial charge in [0.15, 0.2) is 0 Å². The lowest BCUT2D eigenvalue weighted by molar-refractivity contribution is 0.0378. The Morgan fingerprint density at radius 2 is 2.40 bits per heavy atom. The lowest BCUT2D eigenvalue weighted by atomic mass is 10.2. The molecule has 2 rings (SSSR count). The second-order valence-corrected chi connectivity index (χ2v) is 4.39. The number of hydrogen-bond acceptors (Lipinski definition) is 2. The number of carbonyl (C=O) groups excluding carboxylic acids is 1. The molecule has 3 nitrogen and oxygen atoms in total. The monoisotopic (exact) mass is 269 g/mol. The van der Waals surface area contributed by atoms with Crippen molar-refractivity contribution in [1.29, 1.82) is 0 Å². The van der Waals surface area contributed by atoms with Crippen molar-refractivity contribution >= 4 is 21.8 Å². The Hall–Kier alpha value is -0.870. The minimum Gasteiger partial charge on any atom is -0.357 e. The van der Waals surface area contributed by atoms with Gasteiger partial charge in [-0.25, -0.2) is 0 Å². The Morgan fingerprint density at radius 3 is 3.00 bits per heavy atom. The Morgan fingerprint density at radius 1 is 1.60 bits per heavy atom. The molecule has 0 bridgehead atoms. The summed E-state index contributed by atoms with van der Waals surface area (Å²) in [6.45, 7) is 3.19. The molecule has 1 aromatic carbocycles. The molecule has 1 unspecified atom stereocenters. The van der Waals surface area contributed by atoms with E-state index >= 15 is 0 Å². The van der Waals surface area contributed by atoms with E-state index in [2.05, 4.69) is 15.9 Å². The van der Waals surface area contributed by atoms with Gasteiger partial charge in [0.2, 0.25) is 0 Å². The number of benzene rings is 1. The van der Waals surface area contributed by atoms with Gasteiger partial charge >= 0.3 is 0 Å². The molecular weight excluding hydrogens is 258 g/mol. The highest BCUT2D eigenvalue weighted by Crippen LogP contribution is 2.17. The van der Waals surface area contributed by atoms with Gasteiger partial charge in [0.1, 0.15) is 6.23 Å². The Balaban J connectivity index is 2.20. The molecule has 1 amide bonds. The fourth-order valence-corrected chi connectivity index (χ4v) is 2.05. The van der Waals surface area contributed by atoms with Crippen molar-refractivity contribution in [3.05, 3.63) is 34.3 Å². The highest BCUT2D eigenvalue weighted by molar-refractivity contribution is 9.10. The molecule has 0 radical (unpaired) electrons. The van der Waals surface area contributed by atoms with E-state index in [0.717, 1.165) is 4.47 Å². The normalized spacial score (nSPS) is 20.7. The third-order valence-electron chi connectivity index (χ3n) is 2.46. The van der Waals surface area contributed by atoms with Crippen LogP contribution in [0.3, 0.4) is 0 Å². The fraction of sp³-hybridized carbons (Fsp3) is 0.364. The van der Waals surface area contributed by atoms with Crippen LogP contribution in [0.5, 0.6) is 0 Å². The minimum absolute atomic E-state index is 0.0290.